The Hall–Kier alpha value is -1.09. The molecule has 0 radical (unpaired) electrons. The fourth-order valence-electron chi connectivity index (χ4n) is 6.60. The van der Waals surface area contributed by atoms with Crippen LogP contribution < -0.4 is 5.32 Å². The number of hydrogen-bond donors (Lipinski definition) is 1. The van der Waals surface area contributed by atoms with Gasteiger partial charge >= 0.3 is 0 Å². The molecule has 8 unspecified atom stereocenters. The summed E-state index contributed by atoms with van der Waals surface area (Å²) in [4.78, 5) is 23.7. The summed E-state index contributed by atoms with van der Waals surface area (Å²) >= 11 is 0. The number of hydrogen-bond acceptors (Lipinski definition) is 5. The van der Waals surface area contributed by atoms with Crippen LogP contribution in [0.25, 0.3) is 0 Å². The Kier molecular flexibility index (Phi) is 7.01. The summed E-state index contributed by atoms with van der Waals surface area (Å²) in [6.45, 7) is 2.03. The van der Waals surface area contributed by atoms with Crippen molar-refractivity contribution in [1.82, 2.24) is 9.62 Å². The molecule has 3 aliphatic carbocycles. The summed E-state index contributed by atoms with van der Waals surface area (Å²) in [6.07, 6.45) is 7.35. The predicted octanol–water partition coefficient (Wildman–Crippen LogP) is 3.67. The maximum absolute atomic E-state index is 13.7. The highest BCUT2D eigenvalue weighted by Crippen LogP contribution is 2.43. The Morgan fingerprint density at radius 2 is 1.77 bits per heavy atom. The van der Waals surface area contributed by atoms with Crippen LogP contribution in [-0.4, -0.2) is 54.2 Å². The van der Waals surface area contributed by atoms with Crippen LogP contribution in [0.15, 0.2) is 5.18 Å². The van der Waals surface area contributed by atoms with Gasteiger partial charge in [-0.3, -0.25) is 4.79 Å². The van der Waals surface area contributed by atoms with Crippen molar-refractivity contribution < 1.29 is 17.6 Å². The molecule has 1 heterocycles. The standard InChI is InChI=1S/C22H36FN3O4S/c1-14-11-15-5-2-3-8-21(15)26(14)31(29,30)18-7-4-6-16(12-18)22(27)24-17-9-10-19(23)20(13-17)25-28/h14-21H,2-13H2,1H3,(H,24,27). The van der Waals surface area contributed by atoms with Crippen LogP contribution in [0.2, 0.25) is 0 Å². The molecule has 7 nitrogen and oxygen atoms in total. The minimum absolute atomic E-state index is 0.0379. The second-order valence-corrected chi connectivity index (χ2v) is 12.4. The van der Waals surface area contributed by atoms with Gasteiger partial charge in [-0.05, 0) is 70.6 Å². The predicted molar refractivity (Wildman–Crippen MR) is 117 cm³/mol. The van der Waals surface area contributed by atoms with Gasteiger partial charge in [-0.15, -0.1) is 0 Å². The van der Waals surface area contributed by atoms with E-state index >= 15 is 0 Å². The zero-order chi connectivity index (χ0) is 22.2. The van der Waals surface area contributed by atoms with Gasteiger partial charge in [0.1, 0.15) is 12.2 Å². The molecule has 31 heavy (non-hydrogen) atoms. The van der Waals surface area contributed by atoms with Crippen LogP contribution in [0.1, 0.15) is 84.0 Å². The Morgan fingerprint density at radius 1 is 1.00 bits per heavy atom. The third-order valence-corrected chi connectivity index (χ3v) is 10.7. The number of halogens is 1. The molecule has 1 aliphatic heterocycles. The summed E-state index contributed by atoms with van der Waals surface area (Å²) < 4.78 is 42.8. The Balaban J connectivity index is 1.39. The highest BCUT2D eigenvalue weighted by atomic mass is 32.2. The normalized spacial score (nSPS) is 42.0. The molecule has 4 rings (SSSR count). The van der Waals surface area contributed by atoms with Crippen LogP contribution in [0.5, 0.6) is 0 Å². The maximum Gasteiger partial charge on any atom is 0.223 e. The first-order chi connectivity index (χ1) is 14.8. The quantitative estimate of drug-likeness (QED) is 0.637. The molecule has 3 saturated carbocycles. The molecule has 1 saturated heterocycles. The molecular weight excluding hydrogens is 421 g/mol. The van der Waals surface area contributed by atoms with Gasteiger partial charge in [0.05, 0.1) is 5.25 Å². The lowest BCUT2D eigenvalue weighted by atomic mass is 9.85. The number of carbonyl (C=O) groups is 1. The molecule has 0 aromatic rings. The zero-order valence-electron chi connectivity index (χ0n) is 18.4. The van der Waals surface area contributed by atoms with Crippen LogP contribution in [0.4, 0.5) is 4.39 Å². The number of carbonyl (C=O) groups excluding carboxylic acids is 1. The van der Waals surface area contributed by atoms with Gasteiger partial charge in [0.25, 0.3) is 0 Å². The summed E-state index contributed by atoms with van der Waals surface area (Å²) in [6, 6.07) is -0.998. The van der Waals surface area contributed by atoms with Crippen LogP contribution in [0.3, 0.4) is 0 Å². The lowest BCUT2D eigenvalue weighted by Gasteiger charge is -2.37. The van der Waals surface area contributed by atoms with E-state index in [4.69, 9.17) is 0 Å². The molecule has 8 atom stereocenters. The number of rotatable bonds is 5. The van der Waals surface area contributed by atoms with E-state index in [1.807, 2.05) is 11.2 Å². The first-order valence-corrected chi connectivity index (χ1v) is 13.6. The molecule has 4 aliphatic rings. The van der Waals surface area contributed by atoms with E-state index < -0.39 is 27.5 Å². The molecule has 1 N–H and O–H groups in total. The van der Waals surface area contributed by atoms with Crippen LogP contribution in [-0.2, 0) is 14.8 Å². The number of fused-ring (bicyclic) bond motifs is 1. The largest absolute Gasteiger partial charge is 0.353 e. The number of nitrogens with zero attached hydrogens (tertiary/aromatic N) is 2. The molecule has 0 aromatic heterocycles. The number of nitroso groups, excluding NO2 is 1. The van der Waals surface area contributed by atoms with Gasteiger partial charge < -0.3 is 5.32 Å². The molecule has 0 aromatic carbocycles. The molecule has 1 amide bonds. The molecule has 4 fully saturated rings. The van der Waals surface area contributed by atoms with Crippen LogP contribution >= 0.6 is 0 Å². The Morgan fingerprint density at radius 3 is 2.55 bits per heavy atom. The second kappa shape index (κ2) is 9.41. The lowest BCUT2D eigenvalue weighted by Crippen LogP contribution is -2.50. The average molecular weight is 458 g/mol. The summed E-state index contributed by atoms with van der Waals surface area (Å²) in [5.41, 5.74) is 0. The number of amides is 1. The Labute approximate surface area is 184 Å². The minimum Gasteiger partial charge on any atom is -0.353 e. The van der Waals surface area contributed by atoms with Crippen molar-refractivity contribution in [2.75, 3.05) is 0 Å². The van der Waals surface area contributed by atoms with Gasteiger partial charge in [0, 0.05) is 24.0 Å². The van der Waals surface area contributed by atoms with E-state index in [1.165, 1.54) is 6.42 Å². The highest BCUT2D eigenvalue weighted by molar-refractivity contribution is 7.89. The summed E-state index contributed by atoms with van der Waals surface area (Å²) in [7, 11) is -3.45. The van der Waals surface area contributed by atoms with E-state index in [2.05, 4.69) is 10.5 Å². The van der Waals surface area contributed by atoms with E-state index in [9.17, 15) is 22.5 Å². The molecule has 0 bridgehead atoms. The molecule has 9 heteroatoms. The van der Waals surface area contributed by atoms with Crippen molar-refractivity contribution in [3.05, 3.63) is 4.91 Å². The third-order valence-electron chi connectivity index (χ3n) is 8.20. The number of alkyl halides is 1. The lowest BCUT2D eigenvalue weighted by molar-refractivity contribution is -0.127. The second-order valence-electron chi connectivity index (χ2n) is 10.3. The van der Waals surface area contributed by atoms with Gasteiger partial charge in [-0.1, -0.05) is 24.4 Å². The SMILES string of the molecule is CC1CC2CCCCC2N1S(=O)(=O)C1CCCC(C(=O)NC2CCC(F)C(N=O)C2)C1. The van der Waals surface area contributed by atoms with Crippen molar-refractivity contribution in [2.45, 2.75) is 120 Å². The minimum atomic E-state index is -3.45. The van der Waals surface area contributed by atoms with Crippen molar-refractivity contribution in [1.29, 1.82) is 0 Å². The maximum atomic E-state index is 13.7. The fourth-order valence-corrected chi connectivity index (χ4v) is 9.13. The van der Waals surface area contributed by atoms with E-state index in [0.717, 1.165) is 25.7 Å². The first-order valence-electron chi connectivity index (χ1n) is 12.1. The van der Waals surface area contributed by atoms with Crippen molar-refractivity contribution in [2.24, 2.45) is 17.0 Å². The topological polar surface area (TPSA) is 95.9 Å². The average Bonchev–Trinajstić information content (AvgIpc) is 3.11. The third kappa shape index (κ3) is 4.68. The van der Waals surface area contributed by atoms with Gasteiger partial charge in [-0.2, -0.15) is 9.21 Å². The molecule has 0 spiro atoms. The summed E-state index contributed by atoms with van der Waals surface area (Å²) in [5.74, 6) is -0.0255. The van der Waals surface area contributed by atoms with Gasteiger partial charge in [0.2, 0.25) is 15.9 Å². The van der Waals surface area contributed by atoms with E-state index in [-0.39, 0.29) is 42.8 Å². The first kappa shape index (κ1) is 23.1. The van der Waals surface area contributed by atoms with Crippen molar-refractivity contribution >= 4 is 15.9 Å². The number of sulfonamides is 1. The van der Waals surface area contributed by atoms with Gasteiger partial charge in [-0.25, -0.2) is 12.8 Å². The van der Waals surface area contributed by atoms with E-state index in [1.54, 1.807) is 0 Å². The molecular formula is C22H36FN3O4S. The van der Waals surface area contributed by atoms with E-state index in [0.29, 0.717) is 38.0 Å². The monoisotopic (exact) mass is 457 g/mol. The van der Waals surface area contributed by atoms with Crippen molar-refractivity contribution in [3.63, 3.8) is 0 Å². The van der Waals surface area contributed by atoms with Gasteiger partial charge in [0.15, 0.2) is 0 Å². The smallest absolute Gasteiger partial charge is 0.223 e. The Bertz CT molecular complexity index is 779. The zero-order valence-corrected chi connectivity index (χ0v) is 19.2. The van der Waals surface area contributed by atoms with Crippen LogP contribution in [0, 0.1) is 16.7 Å². The fraction of sp³-hybridized carbons (Fsp3) is 0.955. The highest BCUT2D eigenvalue weighted by Gasteiger charge is 2.49. The molecule has 176 valence electrons. The van der Waals surface area contributed by atoms with Crippen molar-refractivity contribution in [3.8, 4) is 0 Å². The summed E-state index contributed by atoms with van der Waals surface area (Å²) in [5, 5.41) is 5.31. The number of nitrogens with one attached hydrogen (secondary N) is 1.